The van der Waals surface area contributed by atoms with Gasteiger partial charge in [0.15, 0.2) is 5.65 Å². The molecule has 1 amide bonds. The maximum Gasteiger partial charge on any atom is 0.332 e. The van der Waals surface area contributed by atoms with Crippen molar-refractivity contribution in [1.29, 1.82) is 0 Å². The second kappa shape index (κ2) is 11.6. The van der Waals surface area contributed by atoms with Gasteiger partial charge in [-0.1, -0.05) is 86.3 Å². The van der Waals surface area contributed by atoms with Gasteiger partial charge in [0.2, 0.25) is 5.91 Å². The molecule has 8 nitrogen and oxygen atoms in total. The van der Waals surface area contributed by atoms with Crippen LogP contribution >= 0.6 is 11.8 Å². The molecule has 0 atom stereocenters. The van der Waals surface area contributed by atoms with Crippen molar-refractivity contribution in [3.63, 3.8) is 0 Å². The van der Waals surface area contributed by atoms with Crippen LogP contribution in [0.15, 0.2) is 75.3 Å². The molecule has 192 valence electrons. The molecule has 0 saturated carbocycles. The van der Waals surface area contributed by atoms with Crippen LogP contribution in [0.5, 0.6) is 0 Å². The summed E-state index contributed by atoms with van der Waals surface area (Å²) < 4.78 is 2.62. The zero-order valence-corrected chi connectivity index (χ0v) is 22.4. The van der Waals surface area contributed by atoms with Crippen LogP contribution in [-0.4, -0.2) is 35.7 Å². The number of nitrogens with zero attached hydrogens (tertiary/aromatic N) is 5. The van der Waals surface area contributed by atoms with E-state index < -0.39 is 11.2 Å². The Labute approximate surface area is 220 Å². The average Bonchev–Trinajstić information content (AvgIpc) is 2.88. The van der Waals surface area contributed by atoms with Gasteiger partial charge in [0.25, 0.3) is 5.56 Å². The molecule has 0 aliphatic carbocycles. The standard InChI is InChI=1S/C28H31N5O3S/c1-19(2)15-33-25-24(27(35)31(4)28(33)36)26(30-20(3)29-25)37-18-23(34)32(16-21-11-7-5-8-12-21)17-22-13-9-6-10-14-22/h5-14,19H,15-18H2,1-4H3. The smallest absolute Gasteiger partial charge is 0.332 e. The third-order valence-electron chi connectivity index (χ3n) is 5.93. The maximum atomic E-state index is 13.5. The third kappa shape index (κ3) is 6.17. The number of fused-ring (bicyclic) bond motifs is 1. The maximum absolute atomic E-state index is 13.5. The Morgan fingerprint density at radius 1 is 0.946 bits per heavy atom. The first kappa shape index (κ1) is 26.3. The highest BCUT2D eigenvalue weighted by molar-refractivity contribution is 8.00. The lowest BCUT2D eigenvalue weighted by Gasteiger charge is -2.23. The SMILES string of the molecule is Cc1nc(SCC(=O)N(Cc2ccccc2)Cc2ccccc2)c2c(=O)n(C)c(=O)n(CC(C)C)c2n1. The molecule has 0 aliphatic rings. The highest BCUT2D eigenvalue weighted by Gasteiger charge is 2.21. The monoisotopic (exact) mass is 517 g/mol. The Morgan fingerprint density at radius 3 is 2.05 bits per heavy atom. The van der Waals surface area contributed by atoms with Gasteiger partial charge >= 0.3 is 5.69 Å². The van der Waals surface area contributed by atoms with Gasteiger partial charge in [-0.25, -0.2) is 14.8 Å². The number of benzene rings is 2. The zero-order valence-electron chi connectivity index (χ0n) is 21.5. The van der Waals surface area contributed by atoms with Crippen molar-refractivity contribution < 1.29 is 4.79 Å². The minimum Gasteiger partial charge on any atom is -0.333 e. The average molecular weight is 518 g/mol. The number of aromatic nitrogens is 4. The van der Waals surface area contributed by atoms with Crippen molar-refractivity contribution in [3.8, 4) is 0 Å². The largest absolute Gasteiger partial charge is 0.333 e. The molecule has 4 rings (SSSR count). The Hall–Kier alpha value is -3.72. The Balaban J connectivity index is 1.67. The summed E-state index contributed by atoms with van der Waals surface area (Å²) in [5.41, 5.74) is 1.52. The van der Waals surface area contributed by atoms with Crippen molar-refractivity contribution in [2.24, 2.45) is 13.0 Å². The van der Waals surface area contributed by atoms with Crippen molar-refractivity contribution in [2.45, 2.75) is 45.4 Å². The van der Waals surface area contributed by atoms with Crippen LogP contribution in [0.25, 0.3) is 11.0 Å². The van der Waals surface area contributed by atoms with E-state index in [9.17, 15) is 14.4 Å². The van der Waals surface area contributed by atoms with Crippen molar-refractivity contribution in [1.82, 2.24) is 24.0 Å². The van der Waals surface area contributed by atoms with Gasteiger partial charge < -0.3 is 4.90 Å². The summed E-state index contributed by atoms with van der Waals surface area (Å²) in [6.07, 6.45) is 0. The first-order valence-electron chi connectivity index (χ1n) is 12.2. The fraction of sp³-hybridized carbons (Fsp3) is 0.321. The molecule has 0 N–H and O–H groups in total. The van der Waals surface area contributed by atoms with Crippen molar-refractivity contribution in [2.75, 3.05) is 5.75 Å². The topological polar surface area (TPSA) is 90.1 Å². The molecule has 9 heteroatoms. The van der Waals surface area contributed by atoms with E-state index in [1.165, 1.54) is 23.4 Å². The third-order valence-corrected chi connectivity index (χ3v) is 6.89. The van der Waals surface area contributed by atoms with Crippen LogP contribution in [0, 0.1) is 12.8 Å². The summed E-state index contributed by atoms with van der Waals surface area (Å²) in [6, 6.07) is 19.7. The molecule has 0 spiro atoms. The highest BCUT2D eigenvalue weighted by atomic mass is 32.2. The first-order valence-corrected chi connectivity index (χ1v) is 13.2. The van der Waals surface area contributed by atoms with Crippen LogP contribution in [0.4, 0.5) is 0 Å². The number of aryl methyl sites for hydroxylation is 1. The Morgan fingerprint density at radius 2 is 1.51 bits per heavy atom. The molecule has 0 saturated heterocycles. The van der Waals surface area contributed by atoms with Crippen LogP contribution in [0.3, 0.4) is 0 Å². The van der Waals surface area contributed by atoms with E-state index in [1.54, 1.807) is 11.8 Å². The van der Waals surface area contributed by atoms with Crippen LogP contribution < -0.4 is 11.2 Å². The molecular weight excluding hydrogens is 486 g/mol. The molecule has 2 aromatic carbocycles. The number of amides is 1. The number of hydrogen-bond donors (Lipinski definition) is 0. The molecule has 4 aromatic rings. The predicted molar refractivity (Wildman–Crippen MR) is 146 cm³/mol. The number of carbonyl (C=O) groups is 1. The van der Waals surface area contributed by atoms with Crippen LogP contribution in [0.1, 0.15) is 30.8 Å². The molecule has 0 bridgehead atoms. The summed E-state index contributed by atoms with van der Waals surface area (Å²) in [4.78, 5) is 50.3. The van der Waals surface area contributed by atoms with Crippen LogP contribution in [-0.2, 0) is 31.5 Å². The molecular formula is C28H31N5O3S. The molecule has 2 heterocycles. The summed E-state index contributed by atoms with van der Waals surface area (Å²) in [7, 11) is 1.46. The summed E-state index contributed by atoms with van der Waals surface area (Å²) in [6.45, 7) is 7.08. The molecule has 0 unspecified atom stereocenters. The summed E-state index contributed by atoms with van der Waals surface area (Å²) >= 11 is 1.21. The van der Waals surface area contributed by atoms with Gasteiger partial charge in [-0.3, -0.25) is 18.7 Å². The van der Waals surface area contributed by atoms with Crippen LogP contribution in [0.2, 0.25) is 0 Å². The van der Waals surface area contributed by atoms with Gasteiger partial charge in [-0.2, -0.15) is 0 Å². The van der Waals surface area contributed by atoms with E-state index in [-0.39, 0.29) is 23.0 Å². The van der Waals surface area contributed by atoms with E-state index in [2.05, 4.69) is 9.97 Å². The second-order valence-corrected chi connectivity index (χ2v) is 10.4. The number of rotatable bonds is 9. The van der Waals surface area contributed by atoms with Crippen molar-refractivity contribution >= 4 is 28.7 Å². The fourth-order valence-electron chi connectivity index (χ4n) is 4.14. The lowest BCUT2D eigenvalue weighted by Crippen LogP contribution is -2.39. The van der Waals surface area contributed by atoms with Gasteiger partial charge in [0.05, 0.1) is 5.75 Å². The van der Waals surface area contributed by atoms with E-state index >= 15 is 0 Å². The molecule has 2 aromatic heterocycles. The van der Waals surface area contributed by atoms with Gasteiger partial charge in [-0.15, -0.1) is 0 Å². The lowest BCUT2D eigenvalue weighted by atomic mass is 10.1. The van der Waals surface area contributed by atoms with E-state index in [1.807, 2.05) is 74.5 Å². The van der Waals surface area contributed by atoms with Gasteiger partial charge in [0, 0.05) is 26.7 Å². The quantitative estimate of drug-likeness (QED) is 0.248. The lowest BCUT2D eigenvalue weighted by molar-refractivity contribution is -0.129. The number of carbonyl (C=O) groups excluding carboxylic acids is 1. The minimum absolute atomic E-state index is 0.0746. The van der Waals surface area contributed by atoms with E-state index in [0.29, 0.717) is 36.1 Å². The Bertz CT molecular complexity index is 1470. The normalized spacial score (nSPS) is 11.3. The van der Waals surface area contributed by atoms with Gasteiger partial charge in [-0.05, 0) is 24.0 Å². The predicted octanol–water partition coefficient (Wildman–Crippen LogP) is 3.78. The zero-order chi connectivity index (χ0) is 26.5. The number of thioether (sulfide) groups is 1. The van der Waals surface area contributed by atoms with E-state index in [4.69, 9.17) is 0 Å². The van der Waals surface area contributed by atoms with Crippen molar-refractivity contribution in [3.05, 3.63) is 98.5 Å². The molecule has 37 heavy (non-hydrogen) atoms. The summed E-state index contributed by atoms with van der Waals surface area (Å²) in [5.74, 6) is 0.640. The molecule has 0 aliphatic heterocycles. The van der Waals surface area contributed by atoms with Gasteiger partial charge in [0.1, 0.15) is 16.2 Å². The molecule has 0 fully saturated rings. The highest BCUT2D eigenvalue weighted by Crippen LogP contribution is 2.24. The number of hydrogen-bond acceptors (Lipinski definition) is 6. The first-order chi connectivity index (χ1) is 17.7. The fourth-order valence-corrected chi connectivity index (χ4v) is 5.10. The van der Waals surface area contributed by atoms with E-state index in [0.717, 1.165) is 15.7 Å². The minimum atomic E-state index is -0.458. The second-order valence-electron chi connectivity index (χ2n) is 9.44. The summed E-state index contributed by atoms with van der Waals surface area (Å²) in [5, 5.41) is 0.678. The Kier molecular flexibility index (Phi) is 8.23. The molecule has 0 radical (unpaired) electrons.